The smallest absolute Gasteiger partial charge is 0.198 e. The van der Waals surface area contributed by atoms with Crippen LogP contribution in [0, 0.1) is 5.92 Å². The number of rotatable bonds is 6. The predicted octanol–water partition coefficient (Wildman–Crippen LogP) is 4.06. The Morgan fingerprint density at radius 2 is 1.77 bits per heavy atom. The number of aldehydes is 1. The quantitative estimate of drug-likeness (QED) is 0.508. The summed E-state index contributed by atoms with van der Waals surface area (Å²) >= 11 is 0. The summed E-state index contributed by atoms with van der Waals surface area (Å²) in [4.78, 5) is 23.6. The van der Waals surface area contributed by atoms with Crippen LogP contribution in [-0.4, -0.2) is 12.1 Å². The summed E-state index contributed by atoms with van der Waals surface area (Å²) in [6.07, 6.45) is 1.59. The van der Waals surface area contributed by atoms with Gasteiger partial charge in [-0.2, -0.15) is 0 Å². The average molecular weight is 292 g/mol. The van der Waals surface area contributed by atoms with Gasteiger partial charge in [-0.15, -0.1) is 0 Å². The lowest BCUT2D eigenvalue weighted by atomic mass is 9.95. The highest BCUT2D eigenvalue weighted by Crippen LogP contribution is 2.21. The summed E-state index contributed by atoms with van der Waals surface area (Å²) in [5, 5.41) is 0.900. The molecule has 0 spiro atoms. The van der Waals surface area contributed by atoms with Crippen molar-refractivity contribution in [1.29, 1.82) is 0 Å². The minimum Gasteiger partial charge on any atom is -0.453 e. The molecular weight excluding hydrogens is 276 g/mol. The zero-order valence-corrected chi connectivity index (χ0v) is 12.1. The molecule has 0 saturated heterocycles. The Morgan fingerprint density at radius 3 is 2.50 bits per heavy atom. The molecule has 110 valence electrons. The zero-order chi connectivity index (χ0) is 15.4. The van der Waals surface area contributed by atoms with Crippen LogP contribution in [0.2, 0.25) is 0 Å². The molecule has 2 aromatic carbocycles. The Morgan fingerprint density at radius 1 is 1.05 bits per heavy atom. The molecule has 1 heterocycles. The van der Waals surface area contributed by atoms with E-state index in [2.05, 4.69) is 0 Å². The molecule has 1 atom stereocenters. The third kappa shape index (κ3) is 3.14. The fourth-order valence-corrected chi connectivity index (χ4v) is 2.54. The molecule has 0 aliphatic carbocycles. The molecule has 3 heteroatoms. The van der Waals surface area contributed by atoms with E-state index in [-0.39, 0.29) is 18.1 Å². The second-order valence-electron chi connectivity index (χ2n) is 5.36. The standard InChI is InChI=1S/C19H16O3/c20-13-15(10-14-6-2-1-3-7-14)11-17(21)19-12-16-8-4-5-9-18(16)22-19/h1-9,12-13,15H,10-11H2. The zero-order valence-electron chi connectivity index (χ0n) is 12.1. The number of fused-ring (bicyclic) bond motifs is 1. The Balaban J connectivity index is 1.72. The first kappa shape index (κ1) is 14.3. The molecule has 1 aromatic heterocycles. The fourth-order valence-electron chi connectivity index (χ4n) is 2.54. The van der Waals surface area contributed by atoms with Crippen molar-refractivity contribution in [1.82, 2.24) is 0 Å². The maximum absolute atomic E-state index is 12.3. The molecule has 1 unspecified atom stereocenters. The van der Waals surface area contributed by atoms with Gasteiger partial charge in [0.15, 0.2) is 11.5 Å². The SMILES string of the molecule is O=CC(CC(=O)c1cc2ccccc2o1)Cc1ccccc1. The number of para-hydroxylation sites is 1. The minimum absolute atomic E-state index is 0.135. The highest BCUT2D eigenvalue weighted by atomic mass is 16.3. The molecule has 3 aromatic rings. The number of ketones is 1. The second-order valence-corrected chi connectivity index (χ2v) is 5.36. The number of carbonyl (C=O) groups excluding carboxylic acids is 2. The number of carbonyl (C=O) groups is 2. The van der Waals surface area contributed by atoms with Gasteiger partial charge in [0, 0.05) is 17.7 Å². The van der Waals surface area contributed by atoms with Crippen molar-refractivity contribution in [3.05, 3.63) is 72.0 Å². The van der Waals surface area contributed by atoms with Crippen molar-refractivity contribution >= 4 is 23.0 Å². The van der Waals surface area contributed by atoms with Crippen molar-refractivity contribution < 1.29 is 14.0 Å². The lowest BCUT2D eigenvalue weighted by Gasteiger charge is -2.08. The first-order valence-electron chi connectivity index (χ1n) is 7.27. The Kier molecular flexibility index (Phi) is 4.15. The van der Waals surface area contributed by atoms with Crippen LogP contribution in [0.4, 0.5) is 0 Å². The average Bonchev–Trinajstić information content (AvgIpc) is 2.99. The van der Waals surface area contributed by atoms with Crippen LogP contribution in [0.15, 0.2) is 65.1 Å². The predicted molar refractivity (Wildman–Crippen MR) is 84.9 cm³/mol. The molecule has 0 saturated carbocycles. The van der Waals surface area contributed by atoms with Crippen molar-refractivity contribution in [2.75, 3.05) is 0 Å². The van der Waals surface area contributed by atoms with E-state index >= 15 is 0 Å². The molecule has 0 radical (unpaired) electrons. The highest BCUT2D eigenvalue weighted by molar-refractivity contribution is 5.98. The van der Waals surface area contributed by atoms with Gasteiger partial charge in [-0.3, -0.25) is 4.79 Å². The van der Waals surface area contributed by atoms with E-state index in [9.17, 15) is 9.59 Å². The monoisotopic (exact) mass is 292 g/mol. The van der Waals surface area contributed by atoms with E-state index in [1.165, 1.54) is 0 Å². The van der Waals surface area contributed by atoms with Crippen LogP contribution in [0.3, 0.4) is 0 Å². The number of hydrogen-bond donors (Lipinski definition) is 0. The van der Waals surface area contributed by atoms with Crippen LogP contribution < -0.4 is 0 Å². The highest BCUT2D eigenvalue weighted by Gasteiger charge is 2.18. The van der Waals surface area contributed by atoms with Gasteiger partial charge in [0.25, 0.3) is 0 Å². The summed E-state index contributed by atoms with van der Waals surface area (Å²) in [5.74, 6) is -0.145. The molecule has 3 nitrogen and oxygen atoms in total. The lowest BCUT2D eigenvalue weighted by Crippen LogP contribution is -2.12. The van der Waals surface area contributed by atoms with Crippen LogP contribution in [0.5, 0.6) is 0 Å². The van der Waals surface area contributed by atoms with E-state index in [1.54, 1.807) is 6.07 Å². The second kappa shape index (κ2) is 6.39. The molecule has 3 rings (SSSR count). The van der Waals surface area contributed by atoms with Gasteiger partial charge in [0.05, 0.1) is 0 Å². The number of hydrogen-bond acceptors (Lipinski definition) is 3. The summed E-state index contributed by atoms with van der Waals surface area (Å²) in [5.41, 5.74) is 1.74. The Bertz CT molecular complexity index is 754. The van der Waals surface area contributed by atoms with E-state index < -0.39 is 0 Å². The summed E-state index contributed by atoms with van der Waals surface area (Å²) in [6, 6.07) is 18.9. The first-order valence-corrected chi connectivity index (χ1v) is 7.27. The summed E-state index contributed by atoms with van der Waals surface area (Å²) < 4.78 is 5.56. The van der Waals surface area contributed by atoms with Gasteiger partial charge in [-0.1, -0.05) is 48.5 Å². The molecule has 22 heavy (non-hydrogen) atoms. The van der Waals surface area contributed by atoms with Crippen LogP contribution in [-0.2, 0) is 11.2 Å². The van der Waals surface area contributed by atoms with Crippen molar-refractivity contribution in [3.8, 4) is 0 Å². The topological polar surface area (TPSA) is 47.3 Å². The third-order valence-corrected chi connectivity index (χ3v) is 3.68. The maximum Gasteiger partial charge on any atom is 0.198 e. The first-order chi connectivity index (χ1) is 10.8. The van der Waals surface area contributed by atoms with Crippen LogP contribution >= 0.6 is 0 Å². The van der Waals surface area contributed by atoms with Gasteiger partial charge >= 0.3 is 0 Å². The van der Waals surface area contributed by atoms with Gasteiger partial charge in [-0.05, 0) is 24.1 Å². The van der Waals surface area contributed by atoms with Gasteiger partial charge in [-0.25, -0.2) is 0 Å². The maximum atomic E-state index is 12.3. The number of benzene rings is 2. The largest absolute Gasteiger partial charge is 0.453 e. The minimum atomic E-state index is -0.330. The molecule has 0 bridgehead atoms. The molecule has 0 amide bonds. The van der Waals surface area contributed by atoms with Gasteiger partial charge < -0.3 is 9.21 Å². The number of furan rings is 1. The van der Waals surface area contributed by atoms with Gasteiger partial charge in [0.2, 0.25) is 0 Å². The normalized spacial score (nSPS) is 12.2. The van der Waals surface area contributed by atoms with Crippen LogP contribution in [0.25, 0.3) is 11.0 Å². The van der Waals surface area contributed by atoms with E-state index in [0.717, 1.165) is 17.2 Å². The Hall–Kier alpha value is -2.68. The lowest BCUT2D eigenvalue weighted by molar-refractivity contribution is -0.111. The molecule has 0 aliphatic heterocycles. The Labute approximate surface area is 128 Å². The fraction of sp³-hybridized carbons (Fsp3) is 0.158. The van der Waals surface area contributed by atoms with Crippen molar-refractivity contribution in [2.24, 2.45) is 5.92 Å². The van der Waals surface area contributed by atoms with E-state index in [0.29, 0.717) is 17.8 Å². The molecule has 0 N–H and O–H groups in total. The van der Waals surface area contributed by atoms with Gasteiger partial charge in [0.1, 0.15) is 11.9 Å². The van der Waals surface area contributed by atoms with Crippen LogP contribution in [0.1, 0.15) is 22.5 Å². The third-order valence-electron chi connectivity index (χ3n) is 3.68. The molecule has 0 fully saturated rings. The summed E-state index contributed by atoms with van der Waals surface area (Å²) in [7, 11) is 0. The molecular formula is C19H16O3. The summed E-state index contributed by atoms with van der Waals surface area (Å²) in [6.45, 7) is 0. The molecule has 0 aliphatic rings. The number of Topliss-reactive ketones (excluding diaryl/α,β-unsaturated/α-hetero) is 1. The van der Waals surface area contributed by atoms with Crippen molar-refractivity contribution in [3.63, 3.8) is 0 Å². The van der Waals surface area contributed by atoms with Crippen molar-refractivity contribution in [2.45, 2.75) is 12.8 Å². The van der Waals surface area contributed by atoms with E-state index in [4.69, 9.17) is 4.42 Å². The van der Waals surface area contributed by atoms with E-state index in [1.807, 2.05) is 54.6 Å².